The topological polar surface area (TPSA) is 106 Å². The van der Waals surface area contributed by atoms with E-state index < -0.39 is 17.9 Å². The lowest BCUT2D eigenvalue weighted by molar-refractivity contribution is -0.143. The summed E-state index contributed by atoms with van der Waals surface area (Å²) in [5.74, 6) is -1.61. The van der Waals surface area contributed by atoms with Crippen LogP contribution in [0.5, 0.6) is 0 Å². The highest BCUT2D eigenvalue weighted by Crippen LogP contribution is 1.88. The van der Waals surface area contributed by atoms with Crippen molar-refractivity contribution in [1.82, 2.24) is 20.3 Å². The summed E-state index contributed by atoms with van der Waals surface area (Å²) in [6.45, 7) is -0.161. The van der Waals surface area contributed by atoms with E-state index in [0.717, 1.165) is 0 Å². The fourth-order valence-electron chi connectivity index (χ4n) is 1.05. The number of carboxylic acid groups (broad SMARTS) is 1. The van der Waals surface area contributed by atoms with E-state index in [1.54, 1.807) is 0 Å². The van der Waals surface area contributed by atoms with Crippen LogP contribution in [0.25, 0.3) is 0 Å². The summed E-state index contributed by atoms with van der Waals surface area (Å²) in [6, 6.07) is -1.05. The van der Waals surface area contributed by atoms with Crippen LogP contribution in [0.3, 0.4) is 0 Å². The Hall–Kier alpha value is -1.96. The molecule has 0 aromatic carbocycles. The van der Waals surface area contributed by atoms with Gasteiger partial charge in [0.05, 0.1) is 12.8 Å². The number of amides is 1. The van der Waals surface area contributed by atoms with Gasteiger partial charge in [-0.15, -0.1) is 5.10 Å². The third-order valence-electron chi connectivity index (χ3n) is 1.74. The molecule has 0 aliphatic rings. The van der Waals surface area contributed by atoms with Crippen LogP contribution in [0.1, 0.15) is 0 Å². The molecule has 1 aromatic rings. The second-order valence-corrected chi connectivity index (χ2v) is 3.01. The van der Waals surface area contributed by atoms with Gasteiger partial charge in [-0.25, -0.2) is 9.48 Å². The number of carbonyl (C=O) groups is 2. The number of nitrogens with one attached hydrogen (secondary N) is 1. The highest BCUT2D eigenvalue weighted by Gasteiger charge is 2.19. The van der Waals surface area contributed by atoms with Crippen molar-refractivity contribution in [1.29, 1.82) is 0 Å². The van der Waals surface area contributed by atoms with Crippen LogP contribution >= 0.6 is 0 Å². The Morgan fingerprint density at radius 1 is 1.62 bits per heavy atom. The van der Waals surface area contributed by atoms with Gasteiger partial charge in [0, 0.05) is 13.3 Å². The van der Waals surface area contributed by atoms with Crippen molar-refractivity contribution in [3.8, 4) is 0 Å². The summed E-state index contributed by atoms with van der Waals surface area (Å²) < 4.78 is 5.96. The molecule has 1 atom stereocenters. The number of ether oxygens (including phenoxy) is 1. The maximum Gasteiger partial charge on any atom is 0.328 e. The van der Waals surface area contributed by atoms with Gasteiger partial charge in [-0.3, -0.25) is 4.79 Å². The molecule has 16 heavy (non-hydrogen) atoms. The molecule has 88 valence electrons. The Morgan fingerprint density at radius 2 is 2.38 bits per heavy atom. The zero-order valence-corrected chi connectivity index (χ0v) is 8.66. The van der Waals surface area contributed by atoms with Crippen molar-refractivity contribution < 1.29 is 19.4 Å². The Bertz CT molecular complexity index is 351. The van der Waals surface area contributed by atoms with Crippen molar-refractivity contribution in [3.63, 3.8) is 0 Å². The molecule has 0 aliphatic carbocycles. The molecule has 0 fully saturated rings. The Kier molecular flexibility index (Phi) is 4.40. The van der Waals surface area contributed by atoms with Crippen LogP contribution in [-0.4, -0.2) is 51.7 Å². The van der Waals surface area contributed by atoms with Gasteiger partial charge >= 0.3 is 5.97 Å². The van der Waals surface area contributed by atoms with Crippen LogP contribution in [0.2, 0.25) is 0 Å². The SMILES string of the molecule is COCC(NC(=O)Cn1ccnn1)C(=O)O. The number of nitrogens with zero attached hydrogens (tertiary/aromatic N) is 3. The summed E-state index contributed by atoms with van der Waals surface area (Å²) in [5, 5.41) is 18.2. The van der Waals surface area contributed by atoms with Crippen molar-refractivity contribution in [2.24, 2.45) is 0 Å². The van der Waals surface area contributed by atoms with Crippen LogP contribution in [0.4, 0.5) is 0 Å². The number of hydrogen-bond donors (Lipinski definition) is 2. The van der Waals surface area contributed by atoms with E-state index in [9.17, 15) is 9.59 Å². The van der Waals surface area contributed by atoms with Gasteiger partial charge in [-0.2, -0.15) is 0 Å². The van der Waals surface area contributed by atoms with E-state index in [-0.39, 0.29) is 13.2 Å². The van der Waals surface area contributed by atoms with Crippen molar-refractivity contribution in [3.05, 3.63) is 12.4 Å². The normalized spacial score (nSPS) is 12.1. The third kappa shape index (κ3) is 3.65. The predicted octanol–water partition coefficient (Wildman–Crippen LogP) is -1.51. The van der Waals surface area contributed by atoms with E-state index in [2.05, 4.69) is 20.4 Å². The second kappa shape index (κ2) is 5.81. The zero-order chi connectivity index (χ0) is 12.0. The van der Waals surface area contributed by atoms with Crippen molar-refractivity contribution in [2.45, 2.75) is 12.6 Å². The number of hydrogen-bond acceptors (Lipinski definition) is 5. The summed E-state index contributed by atoms with van der Waals surface area (Å²) >= 11 is 0. The molecule has 0 saturated carbocycles. The highest BCUT2D eigenvalue weighted by atomic mass is 16.5. The number of carbonyl (C=O) groups excluding carboxylic acids is 1. The lowest BCUT2D eigenvalue weighted by Crippen LogP contribution is -2.45. The minimum Gasteiger partial charge on any atom is -0.480 e. The van der Waals surface area contributed by atoms with Gasteiger partial charge in [-0.1, -0.05) is 5.21 Å². The summed E-state index contributed by atoms with van der Waals surface area (Å²) in [7, 11) is 1.36. The molecular formula is C8H12N4O4. The average molecular weight is 228 g/mol. The summed E-state index contributed by atoms with van der Waals surface area (Å²) in [5.41, 5.74) is 0. The lowest BCUT2D eigenvalue weighted by Gasteiger charge is -2.12. The van der Waals surface area contributed by atoms with E-state index >= 15 is 0 Å². The second-order valence-electron chi connectivity index (χ2n) is 3.01. The molecule has 8 heteroatoms. The maximum absolute atomic E-state index is 11.4. The lowest BCUT2D eigenvalue weighted by atomic mass is 10.3. The van der Waals surface area contributed by atoms with Crippen LogP contribution in [0.15, 0.2) is 12.4 Å². The number of aromatic nitrogens is 3. The maximum atomic E-state index is 11.4. The van der Waals surface area contributed by atoms with Gasteiger partial charge in [0.25, 0.3) is 0 Å². The minimum atomic E-state index is -1.14. The number of rotatable bonds is 6. The molecule has 1 heterocycles. The van der Waals surface area contributed by atoms with E-state index in [1.165, 1.54) is 24.2 Å². The molecule has 0 radical (unpaired) electrons. The first-order valence-corrected chi connectivity index (χ1v) is 4.48. The Balaban J connectivity index is 2.45. The summed E-state index contributed by atoms with van der Waals surface area (Å²) in [4.78, 5) is 22.1. The molecule has 1 amide bonds. The molecule has 1 rings (SSSR count). The predicted molar refractivity (Wildman–Crippen MR) is 51.5 cm³/mol. The average Bonchev–Trinajstić information content (AvgIpc) is 2.69. The molecule has 0 spiro atoms. The summed E-state index contributed by atoms with van der Waals surface area (Å²) in [6.07, 6.45) is 2.93. The first-order valence-electron chi connectivity index (χ1n) is 4.48. The zero-order valence-electron chi connectivity index (χ0n) is 8.66. The quantitative estimate of drug-likeness (QED) is 0.613. The van der Waals surface area contributed by atoms with Crippen molar-refractivity contribution >= 4 is 11.9 Å². The molecule has 0 aliphatic heterocycles. The molecule has 0 bridgehead atoms. The number of methoxy groups -OCH3 is 1. The molecule has 1 aromatic heterocycles. The minimum absolute atomic E-state index is 0.0759. The van der Waals surface area contributed by atoms with Gasteiger partial charge in [0.15, 0.2) is 6.04 Å². The largest absolute Gasteiger partial charge is 0.480 e. The Labute approximate surface area is 91.2 Å². The van der Waals surface area contributed by atoms with E-state index in [1.807, 2.05) is 0 Å². The van der Waals surface area contributed by atoms with Crippen LogP contribution in [-0.2, 0) is 20.9 Å². The van der Waals surface area contributed by atoms with Gasteiger partial charge in [0.1, 0.15) is 6.54 Å². The smallest absolute Gasteiger partial charge is 0.328 e. The van der Waals surface area contributed by atoms with E-state index in [0.29, 0.717) is 0 Å². The molecular weight excluding hydrogens is 216 g/mol. The fraction of sp³-hybridized carbons (Fsp3) is 0.500. The van der Waals surface area contributed by atoms with Crippen LogP contribution in [0, 0.1) is 0 Å². The highest BCUT2D eigenvalue weighted by molar-refractivity contribution is 5.83. The van der Waals surface area contributed by atoms with Crippen LogP contribution < -0.4 is 5.32 Å². The van der Waals surface area contributed by atoms with Crippen molar-refractivity contribution in [2.75, 3.05) is 13.7 Å². The number of carboxylic acids is 1. The van der Waals surface area contributed by atoms with Gasteiger partial charge in [0.2, 0.25) is 5.91 Å². The van der Waals surface area contributed by atoms with Gasteiger partial charge in [-0.05, 0) is 0 Å². The first-order chi connectivity index (χ1) is 7.63. The molecule has 1 unspecified atom stereocenters. The molecule has 2 N–H and O–H groups in total. The molecule has 8 nitrogen and oxygen atoms in total. The van der Waals surface area contributed by atoms with E-state index in [4.69, 9.17) is 5.11 Å². The fourth-order valence-corrected chi connectivity index (χ4v) is 1.05. The standard InChI is InChI=1S/C8H12N4O4/c1-16-5-6(8(14)15)10-7(13)4-12-3-2-9-11-12/h2-3,6H,4-5H2,1H3,(H,10,13)(H,14,15). The first kappa shape index (κ1) is 12.1. The Morgan fingerprint density at radius 3 is 2.88 bits per heavy atom. The number of aliphatic carboxylic acids is 1. The molecule has 0 saturated heterocycles. The monoisotopic (exact) mass is 228 g/mol. The van der Waals surface area contributed by atoms with Gasteiger partial charge < -0.3 is 15.2 Å². The third-order valence-corrected chi connectivity index (χ3v) is 1.74.